The van der Waals surface area contributed by atoms with Crippen molar-refractivity contribution in [1.29, 1.82) is 0 Å². The molecule has 4 nitrogen and oxygen atoms in total. The van der Waals surface area contributed by atoms with Gasteiger partial charge in [0.2, 0.25) is 5.91 Å². The molecule has 30 heavy (non-hydrogen) atoms. The number of nitrogens with zero attached hydrogens (tertiary/aromatic N) is 2. The molecule has 4 heteroatoms. The van der Waals surface area contributed by atoms with Crippen LogP contribution < -0.4 is 4.74 Å². The molecule has 0 N–H and O–H groups in total. The predicted octanol–water partition coefficient (Wildman–Crippen LogP) is 4.31. The third kappa shape index (κ3) is 5.42. The zero-order valence-electron chi connectivity index (χ0n) is 18.2. The Labute approximate surface area is 180 Å². The summed E-state index contributed by atoms with van der Waals surface area (Å²) in [5, 5.41) is 0. The van der Waals surface area contributed by atoms with E-state index in [1.165, 1.54) is 36.0 Å². The molecule has 2 aliphatic rings. The molecule has 1 saturated heterocycles. The monoisotopic (exact) mass is 406 g/mol. The lowest BCUT2D eigenvalue weighted by atomic mass is 9.90. The van der Waals surface area contributed by atoms with Gasteiger partial charge in [0.1, 0.15) is 5.75 Å². The number of rotatable bonds is 6. The highest BCUT2D eigenvalue weighted by molar-refractivity contribution is 5.76. The van der Waals surface area contributed by atoms with E-state index in [4.69, 9.17) is 4.74 Å². The minimum absolute atomic E-state index is 0.289. The Bertz CT molecular complexity index is 828. The molecule has 2 aromatic carbocycles. The second-order valence-electron chi connectivity index (χ2n) is 8.78. The molecule has 0 aliphatic carbocycles. The molecule has 0 bridgehead atoms. The first kappa shape index (κ1) is 20.9. The first-order valence-electron chi connectivity index (χ1n) is 11.4. The number of piperidine rings is 1. The van der Waals surface area contributed by atoms with E-state index in [-0.39, 0.29) is 5.91 Å². The zero-order valence-corrected chi connectivity index (χ0v) is 18.2. The van der Waals surface area contributed by atoms with Crippen molar-refractivity contribution >= 4 is 5.91 Å². The Kier molecular flexibility index (Phi) is 7.06. The number of aryl methyl sites for hydroxylation is 1. The van der Waals surface area contributed by atoms with Crippen molar-refractivity contribution in [1.82, 2.24) is 9.80 Å². The van der Waals surface area contributed by atoms with Crippen LogP contribution >= 0.6 is 0 Å². The van der Waals surface area contributed by atoms with Gasteiger partial charge in [-0.25, -0.2) is 0 Å². The van der Waals surface area contributed by atoms with Gasteiger partial charge in [0, 0.05) is 26.1 Å². The second-order valence-corrected chi connectivity index (χ2v) is 8.78. The van der Waals surface area contributed by atoms with Gasteiger partial charge in [0.05, 0.1) is 7.11 Å². The standard InChI is InChI=1S/C26H34N2O2/c1-30-25-10-9-23-8-5-14-28(20-24(23)19-25)26(29)13-17-27-15-11-22(12-16-27)18-21-6-3-2-4-7-21/h2-4,6-7,9-10,19,22H,5,8,11-18,20H2,1H3. The van der Waals surface area contributed by atoms with E-state index in [1.54, 1.807) is 7.11 Å². The molecule has 2 aliphatic heterocycles. The summed E-state index contributed by atoms with van der Waals surface area (Å²) in [6.45, 7) is 4.69. The van der Waals surface area contributed by atoms with Crippen molar-refractivity contribution in [3.8, 4) is 5.75 Å². The largest absolute Gasteiger partial charge is 0.497 e. The lowest BCUT2D eigenvalue weighted by Crippen LogP contribution is -2.38. The number of benzene rings is 2. The lowest BCUT2D eigenvalue weighted by Gasteiger charge is -2.32. The van der Waals surface area contributed by atoms with Gasteiger partial charge in [-0.15, -0.1) is 0 Å². The highest BCUT2D eigenvalue weighted by atomic mass is 16.5. The molecule has 0 aromatic heterocycles. The van der Waals surface area contributed by atoms with E-state index in [2.05, 4.69) is 47.4 Å². The Morgan fingerprint density at radius 3 is 2.60 bits per heavy atom. The van der Waals surface area contributed by atoms with Crippen LogP contribution in [0, 0.1) is 5.92 Å². The van der Waals surface area contributed by atoms with Crippen LogP contribution in [0.3, 0.4) is 0 Å². The molecule has 0 atom stereocenters. The van der Waals surface area contributed by atoms with Crippen molar-refractivity contribution in [3.05, 3.63) is 65.2 Å². The van der Waals surface area contributed by atoms with E-state index in [9.17, 15) is 4.79 Å². The SMILES string of the molecule is COc1ccc2c(c1)CN(C(=O)CCN1CCC(Cc3ccccc3)CC1)CCC2. The van der Waals surface area contributed by atoms with Crippen LogP contribution in [0.15, 0.2) is 48.5 Å². The topological polar surface area (TPSA) is 32.8 Å². The maximum absolute atomic E-state index is 12.9. The van der Waals surface area contributed by atoms with E-state index in [0.29, 0.717) is 13.0 Å². The van der Waals surface area contributed by atoms with E-state index in [1.807, 2.05) is 11.0 Å². The van der Waals surface area contributed by atoms with Gasteiger partial charge in [-0.2, -0.15) is 0 Å². The number of likely N-dealkylation sites (tertiary alicyclic amines) is 1. The van der Waals surface area contributed by atoms with Crippen molar-refractivity contribution in [2.24, 2.45) is 5.92 Å². The number of ether oxygens (including phenoxy) is 1. The van der Waals surface area contributed by atoms with Crippen molar-refractivity contribution < 1.29 is 9.53 Å². The molecule has 0 saturated carbocycles. The van der Waals surface area contributed by atoms with Crippen LogP contribution in [0.1, 0.15) is 42.4 Å². The van der Waals surface area contributed by atoms with Gasteiger partial charge in [-0.1, -0.05) is 36.4 Å². The van der Waals surface area contributed by atoms with Crippen molar-refractivity contribution in [3.63, 3.8) is 0 Å². The van der Waals surface area contributed by atoms with Gasteiger partial charge in [0.15, 0.2) is 0 Å². The molecular formula is C26H34N2O2. The molecule has 160 valence electrons. The number of amides is 1. The van der Waals surface area contributed by atoms with Crippen LogP contribution in [-0.4, -0.2) is 49.0 Å². The Morgan fingerprint density at radius 1 is 1.03 bits per heavy atom. The van der Waals surface area contributed by atoms with Crippen LogP contribution in [0.5, 0.6) is 5.75 Å². The van der Waals surface area contributed by atoms with Crippen molar-refractivity contribution in [2.45, 2.75) is 45.1 Å². The van der Waals surface area contributed by atoms with Gasteiger partial charge in [0.25, 0.3) is 0 Å². The number of fused-ring (bicyclic) bond motifs is 1. The summed E-state index contributed by atoms with van der Waals surface area (Å²) in [6, 6.07) is 17.1. The molecule has 1 amide bonds. The summed E-state index contributed by atoms with van der Waals surface area (Å²) >= 11 is 0. The van der Waals surface area contributed by atoms with Gasteiger partial charge >= 0.3 is 0 Å². The molecular weight excluding hydrogens is 372 g/mol. The Morgan fingerprint density at radius 2 is 1.83 bits per heavy atom. The number of hydrogen-bond acceptors (Lipinski definition) is 3. The van der Waals surface area contributed by atoms with Crippen LogP contribution in [0.4, 0.5) is 0 Å². The molecule has 0 spiro atoms. The maximum atomic E-state index is 12.9. The Balaban J connectivity index is 1.24. The fourth-order valence-corrected chi connectivity index (χ4v) is 4.85. The van der Waals surface area contributed by atoms with Gasteiger partial charge in [-0.3, -0.25) is 4.79 Å². The van der Waals surface area contributed by atoms with Crippen molar-refractivity contribution in [2.75, 3.05) is 33.3 Å². The summed E-state index contributed by atoms with van der Waals surface area (Å²) < 4.78 is 5.38. The predicted molar refractivity (Wildman–Crippen MR) is 121 cm³/mol. The normalized spacial score (nSPS) is 18.0. The summed E-state index contributed by atoms with van der Waals surface area (Å²) in [7, 11) is 1.70. The fourth-order valence-electron chi connectivity index (χ4n) is 4.85. The average molecular weight is 407 g/mol. The van der Waals surface area contributed by atoms with Gasteiger partial charge in [-0.05, 0) is 79.9 Å². The lowest BCUT2D eigenvalue weighted by molar-refractivity contribution is -0.132. The average Bonchev–Trinajstić information content (AvgIpc) is 3.01. The summed E-state index contributed by atoms with van der Waals surface area (Å²) in [5.41, 5.74) is 4.04. The molecule has 4 rings (SSSR count). The van der Waals surface area contributed by atoms with E-state index in [0.717, 1.165) is 50.7 Å². The summed E-state index contributed by atoms with van der Waals surface area (Å²) in [5.74, 6) is 1.94. The smallest absolute Gasteiger partial charge is 0.224 e. The van der Waals surface area contributed by atoms with E-state index >= 15 is 0 Å². The number of methoxy groups -OCH3 is 1. The molecule has 0 unspecified atom stereocenters. The second kappa shape index (κ2) is 10.1. The highest BCUT2D eigenvalue weighted by Gasteiger charge is 2.23. The Hall–Kier alpha value is -2.33. The third-order valence-corrected chi connectivity index (χ3v) is 6.72. The quantitative estimate of drug-likeness (QED) is 0.716. The zero-order chi connectivity index (χ0) is 20.8. The summed E-state index contributed by atoms with van der Waals surface area (Å²) in [4.78, 5) is 17.5. The molecule has 0 radical (unpaired) electrons. The van der Waals surface area contributed by atoms with Crippen LogP contribution in [0.2, 0.25) is 0 Å². The van der Waals surface area contributed by atoms with Crippen LogP contribution in [-0.2, 0) is 24.2 Å². The minimum Gasteiger partial charge on any atom is -0.497 e. The van der Waals surface area contributed by atoms with E-state index < -0.39 is 0 Å². The minimum atomic E-state index is 0.289. The number of carbonyl (C=O) groups excluding carboxylic acids is 1. The van der Waals surface area contributed by atoms with Gasteiger partial charge < -0.3 is 14.5 Å². The first-order chi connectivity index (χ1) is 14.7. The molecule has 2 aromatic rings. The maximum Gasteiger partial charge on any atom is 0.224 e. The number of carbonyl (C=O) groups is 1. The van der Waals surface area contributed by atoms with Crippen LogP contribution in [0.25, 0.3) is 0 Å². The first-order valence-corrected chi connectivity index (χ1v) is 11.4. The summed E-state index contributed by atoms with van der Waals surface area (Å²) in [6.07, 6.45) is 6.36. The fraction of sp³-hybridized carbons (Fsp3) is 0.500. The molecule has 1 fully saturated rings. The molecule has 2 heterocycles. The third-order valence-electron chi connectivity index (χ3n) is 6.72. The number of hydrogen-bond donors (Lipinski definition) is 0. The highest BCUT2D eigenvalue weighted by Crippen LogP contribution is 2.25.